The lowest BCUT2D eigenvalue weighted by Crippen LogP contribution is -2.37. The van der Waals surface area contributed by atoms with Crippen molar-refractivity contribution in [1.29, 1.82) is 0 Å². The highest BCUT2D eigenvalue weighted by atomic mass is 32.1. The first kappa shape index (κ1) is 24.3. The highest BCUT2D eigenvalue weighted by Gasteiger charge is 2.18. The fourth-order valence-corrected chi connectivity index (χ4v) is 3.32. The summed E-state index contributed by atoms with van der Waals surface area (Å²) >= 11 is 1.47. The molecule has 2 rings (SSSR count). The molecule has 1 aromatic carbocycles. The Morgan fingerprint density at radius 2 is 1.71 bits per heavy atom. The summed E-state index contributed by atoms with van der Waals surface area (Å²) in [6.07, 6.45) is 1.13. The summed E-state index contributed by atoms with van der Waals surface area (Å²) in [6, 6.07) is 6.99. The van der Waals surface area contributed by atoms with Gasteiger partial charge in [-0.2, -0.15) is 0 Å². The van der Waals surface area contributed by atoms with E-state index in [2.05, 4.69) is 34.8 Å². The lowest BCUT2D eigenvalue weighted by Gasteiger charge is -2.19. The molecule has 0 fully saturated rings. The summed E-state index contributed by atoms with van der Waals surface area (Å²) in [5.41, 5.74) is 0.743. The zero-order valence-corrected chi connectivity index (χ0v) is 19.6. The first-order valence-corrected chi connectivity index (χ1v) is 10.9. The average molecular weight is 447 g/mol. The van der Waals surface area contributed by atoms with Gasteiger partial charge < -0.3 is 20.7 Å². The second-order valence-corrected chi connectivity index (χ2v) is 9.52. The van der Waals surface area contributed by atoms with Crippen LogP contribution in [0.15, 0.2) is 30.5 Å². The number of anilines is 2. The molecule has 0 aliphatic rings. The van der Waals surface area contributed by atoms with Crippen molar-refractivity contribution in [3.05, 3.63) is 40.9 Å². The van der Waals surface area contributed by atoms with Crippen LogP contribution >= 0.6 is 11.3 Å². The zero-order valence-electron chi connectivity index (χ0n) is 18.7. The number of rotatable bonds is 7. The highest BCUT2D eigenvalue weighted by Crippen LogP contribution is 2.26. The minimum Gasteiger partial charge on any atom is -0.444 e. The first-order valence-electron chi connectivity index (χ1n) is 10.1. The van der Waals surface area contributed by atoms with E-state index in [0.29, 0.717) is 16.7 Å². The summed E-state index contributed by atoms with van der Waals surface area (Å²) in [7, 11) is 0. The maximum Gasteiger partial charge on any atom is 0.408 e. The van der Waals surface area contributed by atoms with Gasteiger partial charge in [0.25, 0.3) is 0 Å². The lowest BCUT2D eigenvalue weighted by molar-refractivity contribution is -0.117. The predicted octanol–water partition coefficient (Wildman–Crippen LogP) is 4.47. The Labute approximate surface area is 186 Å². The van der Waals surface area contributed by atoms with E-state index >= 15 is 0 Å². The molecule has 0 spiro atoms. The summed E-state index contributed by atoms with van der Waals surface area (Å²) in [4.78, 5) is 41.5. The zero-order chi connectivity index (χ0) is 23.2. The Kier molecular flexibility index (Phi) is 8.15. The molecule has 0 radical (unpaired) electrons. The van der Waals surface area contributed by atoms with Crippen LogP contribution in [-0.2, 0) is 14.3 Å². The number of benzene rings is 1. The van der Waals surface area contributed by atoms with E-state index in [4.69, 9.17) is 4.74 Å². The molecule has 0 saturated carbocycles. The summed E-state index contributed by atoms with van der Waals surface area (Å²) in [6.45, 7) is 11.0. The van der Waals surface area contributed by atoms with Crippen molar-refractivity contribution in [1.82, 2.24) is 10.3 Å². The van der Waals surface area contributed by atoms with Crippen LogP contribution < -0.4 is 16.0 Å². The van der Waals surface area contributed by atoms with Crippen LogP contribution in [0.4, 0.5) is 15.6 Å². The Bertz CT molecular complexity index is 916. The maximum absolute atomic E-state index is 12.5. The second-order valence-electron chi connectivity index (χ2n) is 8.46. The first-order chi connectivity index (χ1) is 14.4. The molecule has 2 aromatic rings. The summed E-state index contributed by atoms with van der Waals surface area (Å²) in [5, 5.41) is 8.53. The van der Waals surface area contributed by atoms with Gasteiger partial charge in [0, 0.05) is 16.8 Å². The molecule has 0 aliphatic carbocycles. The van der Waals surface area contributed by atoms with Crippen LogP contribution in [0.3, 0.4) is 0 Å². The Morgan fingerprint density at radius 3 is 2.26 bits per heavy atom. The normalized spacial score (nSPS) is 12.2. The van der Waals surface area contributed by atoms with Crippen molar-refractivity contribution in [2.45, 2.75) is 59.0 Å². The molecule has 3 N–H and O–H groups in total. The molecule has 31 heavy (non-hydrogen) atoms. The predicted molar refractivity (Wildman–Crippen MR) is 123 cm³/mol. The van der Waals surface area contributed by atoms with Gasteiger partial charge in [-0.25, -0.2) is 9.78 Å². The van der Waals surface area contributed by atoms with E-state index in [1.807, 2.05) is 6.92 Å². The summed E-state index contributed by atoms with van der Waals surface area (Å²) < 4.78 is 5.09. The molecule has 1 atom stereocenters. The SMILES string of the molecule is CC(C)c1cnc(NC(=O)C(C)c2ccc(NC(=O)CNC(=O)OC(C)(C)C)cc2)s1. The van der Waals surface area contributed by atoms with Gasteiger partial charge in [0.2, 0.25) is 11.8 Å². The average Bonchev–Trinajstić information content (AvgIpc) is 3.14. The third-order valence-electron chi connectivity index (χ3n) is 4.20. The highest BCUT2D eigenvalue weighted by molar-refractivity contribution is 7.15. The third-order valence-corrected chi connectivity index (χ3v) is 5.42. The smallest absolute Gasteiger partial charge is 0.408 e. The number of carbonyl (C=O) groups is 3. The maximum atomic E-state index is 12.5. The number of amides is 3. The van der Waals surface area contributed by atoms with Crippen molar-refractivity contribution in [2.75, 3.05) is 17.2 Å². The van der Waals surface area contributed by atoms with Crippen LogP contribution in [0.2, 0.25) is 0 Å². The van der Waals surface area contributed by atoms with E-state index in [1.165, 1.54) is 11.3 Å². The van der Waals surface area contributed by atoms with Gasteiger partial charge in [-0.15, -0.1) is 11.3 Å². The van der Waals surface area contributed by atoms with Crippen LogP contribution in [0.5, 0.6) is 0 Å². The van der Waals surface area contributed by atoms with Gasteiger partial charge in [0.1, 0.15) is 12.1 Å². The Morgan fingerprint density at radius 1 is 1.06 bits per heavy atom. The van der Waals surface area contributed by atoms with Crippen molar-refractivity contribution in [2.24, 2.45) is 0 Å². The van der Waals surface area contributed by atoms with E-state index in [0.717, 1.165) is 10.4 Å². The van der Waals surface area contributed by atoms with Crippen LogP contribution in [-0.4, -0.2) is 35.0 Å². The molecular formula is C22H30N4O4S. The molecule has 8 nitrogen and oxygen atoms in total. The standard InChI is InChI=1S/C22H30N4O4S/c1-13(2)17-11-23-20(31-17)26-19(28)14(3)15-7-9-16(10-8-15)25-18(27)12-24-21(29)30-22(4,5)6/h7-11,13-14H,12H2,1-6H3,(H,24,29)(H,25,27)(H,23,26,28). The molecule has 1 unspecified atom stereocenters. The van der Waals surface area contributed by atoms with Gasteiger partial charge >= 0.3 is 6.09 Å². The summed E-state index contributed by atoms with van der Waals surface area (Å²) in [5.74, 6) is -0.551. The van der Waals surface area contributed by atoms with Crippen molar-refractivity contribution in [3.8, 4) is 0 Å². The Hall–Kier alpha value is -2.94. The molecule has 168 valence electrons. The molecule has 9 heteroatoms. The number of hydrogen-bond acceptors (Lipinski definition) is 6. The van der Waals surface area contributed by atoms with E-state index in [9.17, 15) is 14.4 Å². The van der Waals surface area contributed by atoms with Crippen LogP contribution in [0, 0.1) is 0 Å². The monoisotopic (exact) mass is 446 g/mol. The minimum atomic E-state index is -0.654. The number of hydrogen-bond donors (Lipinski definition) is 3. The largest absolute Gasteiger partial charge is 0.444 e. The number of ether oxygens (including phenoxy) is 1. The fourth-order valence-electron chi connectivity index (χ4n) is 2.50. The third kappa shape index (κ3) is 8.01. The van der Waals surface area contributed by atoms with Crippen LogP contribution in [0.1, 0.15) is 63.8 Å². The Balaban J connectivity index is 1.86. The van der Waals surface area contributed by atoms with Gasteiger partial charge in [-0.05, 0) is 51.3 Å². The molecular weight excluding hydrogens is 416 g/mol. The molecule has 0 saturated heterocycles. The van der Waals surface area contributed by atoms with Crippen LogP contribution in [0.25, 0.3) is 0 Å². The van der Waals surface area contributed by atoms with Gasteiger partial charge in [0.05, 0.1) is 5.92 Å². The number of alkyl carbamates (subject to hydrolysis) is 1. The number of nitrogens with zero attached hydrogens (tertiary/aromatic N) is 1. The molecule has 0 aliphatic heterocycles. The van der Waals surface area contributed by atoms with Crippen molar-refractivity contribution < 1.29 is 19.1 Å². The molecule has 1 aromatic heterocycles. The topological polar surface area (TPSA) is 109 Å². The molecule has 3 amide bonds. The number of carbonyl (C=O) groups excluding carboxylic acids is 3. The second kappa shape index (κ2) is 10.4. The van der Waals surface area contributed by atoms with E-state index in [1.54, 1.807) is 51.2 Å². The van der Waals surface area contributed by atoms with Gasteiger partial charge in [-0.1, -0.05) is 26.0 Å². The van der Waals surface area contributed by atoms with Crippen molar-refractivity contribution >= 4 is 40.1 Å². The molecule has 0 bridgehead atoms. The minimum absolute atomic E-state index is 0.150. The van der Waals surface area contributed by atoms with Gasteiger partial charge in [0.15, 0.2) is 5.13 Å². The van der Waals surface area contributed by atoms with E-state index in [-0.39, 0.29) is 24.3 Å². The number of aromatic nitrogens is 1. The number of nitrogens with one attached hydrogen (secondary N) is 3. The van der Waals surface area contributed by atoms with Crippen molar-refractivity contribution in [3.63, 3.8) is 0 Å². The number of thiazole rings is 1. The molecule has 1 heterocycles. The lowest BCUT2D eigenvalue weighted by atomic mass is 10.0. The van der Waals surface area contributed by atoms with E-state index < -0.39 is 11.7 Å². The fraction of sp³-hybridized carbons (Fsp3) is 0.455. The quantitative estimate of drug-likeness (QED) is 0.581. The van der Waals surface area contributed by atoms with Gasteiger partial charge in [-0.3, -0.25) is 9.59 Å².